The molecule has 2 aliphatic heterocycles. The Bertz CT molecular complexity index is 588. The van der Waals surface area contributed by atoms with Gasteiger partial charge in [0, 0.05) is 32.1 Å². The molecule has 164 valence electrons. The van der Waals surface area contributed by atoms with Gasteiger partial charge in [0.1, 0.15) is 0 Å². The fourth-order valence-electron chi connectivity index (χ4n) is 3.10. The summed E-state index contributed by atoms with van der Waals surface area (Å²) in [6.07, 6.45) is -0.137. The number of esters is 4. The van der Waals surface area contributed by atoms with E-state index in [4.69, 9.17) is 18.9 Å². The van der Waals surface area contributed by atoms with E-state index in [9.17, 15) is 29.4 Å². The average molecular weight is 416 g/mol. The third-order valence-corrected chi connectivity index (χ3v) is 4.84. The molecule has 10 heteroatoms. The summed E-state index contributed by atoms with van der Waals surface area (Å²) in [6, 6.07) is 0. The molecule has 0 aliphatic carbocycles. The number of cyclic esters (lactones) is 4. The highest BCUT2D eigenvalue weighted by atomic mass is 16.9. The van der Waals surface area contributed by atoms with Crippen molar-refractivity contribution in [2.24, 2.45) is 0 Å². The first-order chi connectivity index (χ1) is 13.7. The number of carbonyl (C=O) groups excluding carboxylic acids is 4. The highest BCUT2D eigenvalue weighted by Gasteiger charge is 2.65. The largest absolute Gasteiger partial charge is 0.456 e. The zero-order chi connectivity index (χ0) is 21.5. The van der Waals surface area contributed by atoms with Crippen LogP contribution < -0.4 is 0 Å². The lowest BCUT2D eigenvalue weighted by molar-refractivity contribution is -0.444. The minimum Gasteiger partial charge on any atom is -0.412 e. The van der Waals surface area contributed by atoms with Crippen LogP contribution in [0.2, 0.25) is 0 Å². The summed E-state index contributed by atoms with van der Waals surface area (Å²) < 4.78 is 20.6. The van der Waals surface area contributed by atoms with Crippen molar-refractivity contribution >= 4 is 23.9 Å². The predicted octanol–water partition coefficient (Wildman–Crippen LogP) is 1.20. The minimum absolute atomic E-state index is 0.0767. The quantitative estimate of drug-likeness (QED) is 0.627. The molecule has 2 aliphatic rings. The smallest absolute Gasteiger partial charge is 0.412 e. The molecular weight excluding hydrogens is 388 g/mol. The Balaban J connectivity index is 2.50. The Morgan fingerprint density at radius 1 is 0.793 bits per heavy atom. The first-order valence-corrected chi connectivity index (χ1v) is 9.97. The Hall–Kier alpha value is -2.20. The second-order valence-electron chi connectivity index (χ2n) is 7.25. The molecule has 1 atom stereocenters. The maximum Gasteiger partial charge on any atom is 0.456 e. The molecule has 1 unspecified atom stereocenters. The van der Waals surface area contributed by atoms with Crippen molar-refractivity contribution in [3.05, 3.63) is 0 Å². The van der Waals surface area contributed by atoms with Gasteiger partial charge in [-0.2, -0.15) is 0 Å². The Morgan fingerprint density at radius 2 is 1.17 bits per heavy atom. The fraction of sp³-hybridized carbons (Fsp3) is 0.789. The van der Waals surface area contributed by atoms with Crippen LogP contribution in [0.3, 0.4) is 0 Å². The maximum atomic E-state index is 12.3. The van der Waals surface area contributed by atoms with Gasteiger partial charge in [-0.3, -0.25) is 19.2 Å². The Labute approximate surface area is 168 Å². The lowest BCUT2D eigenvalue weighted by atomic mass is 10.0. The number of ether oxygens (including phenoxy) is 4. The molecule has 2 heterocycles. The van der Waals surface area contributed by atoms with Crippen LogP contribution in [0.15, 0.2) is 0 Å². The topological polar surface area (TPSA) is 146 Å². The molecule has 2 saturated heterocycles. The summed E-state index contributed by atoms with van der Waals surface area (Å²) in [6.45, 7) is 1.70. The van der Waals surface area contributed by atoms with Gasteiger partial charge in [-0.25, -0.2) is 0 Å². The third-order valence-electron chi connectivity index (χ3n) is 4.84. The third kappa shape index (κ3) is 6.14. The Morgan fingerprint density at radius 3 is 1.55 bits per heavy atom. The molecule has 2 fully saturated rings. The summed E-state index contributed by atoms with van der Waals surface area (Å²) >= 11 is 0. The van der Waals surface area contributed by atoms with E-state index < -0.39 is 48.2 Å². The van der Waals surface area contributed by atoms with Crippen molar-refractivity contribution in [2.45, 2.75) is 95.4 Å². The van der Waals surface area contributed by atoms with Crippen molar-refractivity contribution in [1.82, 2.24) is 0 Å². The van der Waals surface area contributed by atoms with E-state index >= 15 is 0 Å². The highest BCUT2D eigenvalue weighted by Crippen LogP contribution is 2.39. The fourth-order valence-corrected chi connectivity index (χ4v) is 3.10. The monoisotopic (exact) mass is 416 g/mol. The molecule has 2 N–H and O–H groups in total. The van der Waals surface area contributed by atoms with Crippen LogP contribution in [0.1, 0.15) is 77.6 Å². The lowest BCUT2D eigenvalue weighted by Crippen LogP contribution is -2.63. The summed E-state index contributed by atoms with van der Waals surface area (Å²) in [5, 5.41) is 21.1. The first-order valence-electron chi connectivity index (χ1n) is 9.97. The van der Waals surface area contributed by atoms with Gasteiger partial charge in [0.05, 0.1) is 6.10 Å². The van der Waals surface area contributed by atoms with Crippen LogP contribution in [0, 0.1) is 0 Å². The average Bonchev–Trinajstić information content (AvgIpc) is 2.76. The maximum absolute atomic E-state index is 12.3. The van der Waals surface area contributed by atoms with Crippen LogP contribution in [0.25, 0.3) is 0 Å². The minimum atomic E-state index is -3.17. The van der Waals surface area contributed by atoms with E-state index in [1.165, 1.54) is 0 Å². The predicted molar refractivity (Wildman–Crippen MR) is 94.5 cm³/mol. The molecule has 0 bridgehead atoms. The van der Waals surface area contributed by atoms with Crippen LogP contribution in [0.4, 0.5) is 0 Å². The van der Waals surface area contributed by atoms with Crippen molar-refractivity contribution < 1.29 is 48.3 Å². The second-order valence-corrected chi connectivity index (χ2v) is 7.25. The number of aliphatic hydroxyl groups is 2. The van der Waals surface area contributed by atoms with E-state index in [-0.39, 0.29) is 32.1 Å². The molecule has 0 saturated carbocycles. The molecule has 2 rings (SSSR count). The van der Waals surface area contributed by atoms with Gasteiger partial charge in [0.15, 0.2) is 0 Å². The number of rotatable bonds is 5. The van der Waals surface area contributed by atoms with Crippen LogP contribution >= 0.6 is 0 Å². The second kappa shape index (κ2) is 10.0. The normalized spacial score (nSPS) is 24.1. The summed E-state index contributed by atoms with van der Waals surface area (Å²) in [4.78, 5) is 49.0. The van der Waals surface area contributed by atoms with Gasteiger partial charge >= 0.3 is 35.6 Å². The number of aliphatic hydroxyl groups excluding tert-OH is 1. The summed E-state index contributed by atoms with van der Waals surface area (Å²) in [5.74, 6) is -9.28. The number of carbonyl (C=O) groups is 4. The van der Waals surface area contributed by atoms with Crippen LogP contribution in [0.5, 0.6) is 0 Å². The van der Waals surface area contributed by atoms with Crippen molar-refractivity contribution in [3.63, 3.8) is 0 Å². The molecule has 0 aromatic heterocycles. The standard InChI is InChI=1S/C19H28O10/c1-2-13(20)11-12-18(26-14(21)7-3-4-8-15(22)27-18)19(25)28-16(23)9-5-6-10-17(24)29-19/h13,20,25H,2-12H2,1H3. The van der Waals surface area contributed by atoms with Gasteiger partial charge in [-0.1, -0.05) is 6.92 Å². The number of hydrogen-bond donors (Lipinski definition) is 2. The number of hydrogen-bond acceptors (Lipinski definition) is 10. The molecule has 0 aromatic rings. The molecule has 0 amide bonds. The van der Waals surface area contributed by atoms with Gasteiger partial charge in [-0.05, 0) is 38.5 Å². The first kappa shape index (κ1) is 23.1. The summed E-state index contributed by atoms with van der Waals surface area (Å²) in [7, 11) is 0. The van der Waals surface area contributed by atoms with Gasteiger partial charge in [0.2, 0.25) is 0 Å². The van der Waals surface area contributed by atoms with Crippen molar-refractivity contribution in [1.29, 1.82) is 0 Å². The molecule has 10 nitrogen and oxygen atoms in total. The highest BCUT2D eigenvalue weighted by molar-refractivity contribution is 5.75. The molecular formula is C19H28O10. The Kier molecular flexibility index (Phi) is 7.97. The van der Waals surface area contributed by atoms with Gasteiger partial charge in [0.25, 0.3) is 0 Å². The molecule has 0 aromatic carbocycles. The SMILES string of the molecule is CCC(O)CCC1(C2(O)OC(=O)CCCCC(=O)O2)OC(=O)CCCCC(=O)O1. The molecule has 0 spiro atoms. The van der Waals surface area contributed by atoms with E-state index in [1.54, 1.807) is 6.92 Å². The van der Waals surface area contributed by atoms with E-state index in [0.29, 0.717) is 32.1 Å². The van der Waals surface area contributed by atoms with Gasteiger partial charge in [-0.15, -0.1) is 0 Å². The zero-order valence-corrected chi connectivity index (χ0v) is 16.5. The van der Waals surface area contributed by atoms with Gasteiger partial charge < -0.3 is 29.2 Å². The van der Waals surface area contributed by atoms with E-state index in [1.807, 2.05) is 0 Å². The zero-order valence-electron chi connectivity index (χ0n) is 16.5. The molecule has 29 heavy (non-hydrogen) atoms. The van der Waals surface area contributed by atoms with E-state index in [2.05, 4.69) is 0 Å². The van der Waals surface area contributed by atoms with E-state index in [0.717, 1.165) is 0 Å². The van der Waals surface area contributed by atoms with Crippen LogP contribution in [-0.2, 0) is 38.1 Å². The van der Waals surface area contributed by atoms with Crippen molar-refractivity contribution in [3.8, 4) is 0 Å². The van der Waals surface area contributed by atoms with Crippen LogP contribution in [-0.4, -0.2) is 52.0 Å². The molecule has 0 radical (unpaired) electrons. The summed E-state index contributed by atoms with van der Waals surface area (Å²) in [5.41, 5.74) is 0. The van der Waals surface area contributed by atoms with Crippen molar-refractivity contribution in [2.75, 3.05) is 0 Å². The lowest BCUT2D eigenvalue weighted by Gasteiger charge is -2.41.